The lowest BCUT2D eigenvalue weighted by atomic mass is 10.1. The van der Waals surface area contributed by atoms with Crippen molar-refractivity contribution in [1.29, 1.82) is 0 Å². The number of aromatic nitrogens is 3. The molecule has 94 valence electrons. The van der Waals surface area contributed by atoms with E-state index >= 15 is 0 Å². The number of aromatic carboxylic acids is 1. The van der Waals surface area contributed by atoms with E-state index in [4.69, 9.17) is 9.63 Å². The van der Waals surface area contributed by atoms with Gasteiger partial charge in [-0.15, -0.1) is 11.3 Å². The van der Waals surface area contributed by atoms with E-state index in [1.807, 2.05) is 5.38 Å². The fourth-order valence-electron chi connectivity index (χ4n) is 1.52. The molecule has 0 saturated carbocycles. The SMILES string of the molecule is O=C(O)c1ccc(-c2nc(-c3cscn3)no2)cc1. The average Bonchev–Trinajstić information content (AvgIpc) is 3.10. The van der Waals surface area contributed by atoms with Gasteiger partial charge in [0.25, 0.3) is 5.89 Å². The summed E-state index contributed by atoms with van der Waals surface area (Å²) in [4.78, 5) is 19.1. The highest BCUT2D eigenvalue weighted by atomic mass is 32.1. The first-order chi connectivity index (χ1) is 9.24. The molecule has 1 aromatic carbocycles. The van der Waals surface area contributed by atoms with Gasteiger partial charge in [-0.1, -0.05) is 5.16 Å². The van der Waals surface area contributed by atoms with E-state index in [-0.39, 0.29) is 5.56 Å². The largest absolute Gasteiger partial charge is 0.478 e. The minimum Gasteiger partial charge on any atom is -0.478 e. The molecule has 0 fully saturated rings. The summed E-state index contributed by atoms with van der Waals surface area (Å²) in [6, 6.07) is 6.23. The lowest BCUT2D eigenvalue weighted by Crippen LogP contribution is -1.94. The predicted octanol–water partition coefficient (Wildman–Crippen LogP) is 2.56. The maximum atomic E-state index is 10.7. The van der Waals surface area contributed by atoms with Gasteiger partial charge in [-0.05, 0) is 24.3 Å². The van der Waals surface area contributed by atoms with Crippen molar-refractivity contribution in [3.8, 4) is 23.0 Å². The van der Waals surface area contributed by atoms with Crippen molar-refractivity contribution in [3.63, 3.8) is 0 Å². The van der Waals surface area contributed by atoms with Gasteiger partial charge in [-0.25, -0.2) is 9.78 Å². The summed E-state index contributed by atoms with van der Waals surface area (Å²) in [6.45, 7) is 0. The van der Waals surface area contributed by atoms with Crippen molar-refractivity contribution in [2.24, 2.45) is 0 Å². The van der Waals surface area contributed by atoms with Crippen LogP contribution in [-0.2, 0) is 0 Å². The number of carboxylic acids is 1. The smallest absolute Gasteiger partial charge is 0.335 e. The van der Waals surface area contributed by atoms with Crippen LogP contribution < -0.4 is 0 Å². The maximum Gasteiger partial charge on any atom is 0.335 e. The van der Waals surface area contributed by atoms with Crippen LogP contribution in [0.4, 0.5) is 0 Å². The van der Waals surface area contributed by atoms with Gasteiger partial charge in [-0.2, -0.15) is 4.98 Å². The van der Waals surface area contributed by atoms with E-state index in [9.17, 15) is 4.79 Å². The number of benzene rings is 1. The monoisotopic (exact) mass is 273 g/mol. The average molecular weight is 273 g/mol. The first-order valence-corrected chi connectivity index (χ1v) is 6.24. The Morgan fingerprint density at radius 1 is 1.26 bits per heavy atom. The number of rotatable bonds is 3. The van der Waals surface area contributed by atoms with Gasteiger partial charge in [0.1, 0.15) is 5.69 Å². The van der Waals surface area contributed by atoms with Crippen LogP contribution >= 0.6 is 11.3 Å². The summed E-state index contributed by atoms with van der Waals surface area (Å²) < 4.78 is 5.13. The van der Waals surface area contributed by atoms with Crippen LogP contribution in [0.2, 0.25) is 0 Å². The Morgan fingerprint density at radius 2 is 2.05 bits per heavy atom. The molecule has 1 N–H and O–H groups in total. The molecule has 2 heterocycles. The third kappa shape index (κ3) is 2.23. The predicted molar refractivity (Wildman–Crippen MR) is 67.8 cm³/mol. The van der Waals surface area contributed by atoms with Gasteiger partial charge in [0, 0.05) is 10.9 Å². The summed E-state index contributed by atoms with van der Waals surface area (Å²) in [7, 11) is 0. The summed E-state index contributed by atoms with van der Waals surface area (Å²) >= 11 is 1.45. The second-order valence-corrected chi connectivity index (χ2v) is 4.40. The molecule has 0 radical (unpaired) electrons. The van der Waals surface area contributed by atoms with Crippen molar-refractivity contribution in [3.05, 3.63) is 40.7 Å². The summed E-state index contributed by atoms with van der Waals surface area (Å²) in [6.07, 6.45) is 0. The van der Waals surface area contributed by atoms with Crippen molar-refractivity contribution in [1.82, 2.24) is 15.1 Å². The Kier molecular flexibility index (Phi) is 2.81. The molecular weight excluding hydrogens is 266 g/mol. The lowest BCUT2D eigenvalue weighted by Gasteiger charge is -1.95. The Labute approximate surface area is 111 Å². The minimum absolute atomic E-state index is 0.211. The van der Waals surface area contributed by atoms with Gasteiger partial charge in [0.2, 0.25) is 5.82 Å². The number of hydrogen-bond acceptors (Lipinski definition) is 6. The quantitative estimate of drug-likeness (QED) is 0.788. The Balaban J connectivity index is 1.92. The molecule has 0 aliphatic heterocycles. The second kappa shape index (κ2) is 4.62. The fraction of sp³-hybridized carbons (Fsp3) is 0. The number of carbonyl (C=O) groups is 1. The van der Waals surface area contributed by atoms with E-state index in [1.165, 1.54) is 23.5 Å². The first-order valence-electron chi connectivity index (χ1n) is 5.30. The Bertz CT molecular complexity index is 704. The molecule has 0 atom stereocenters. The van der Waals surface area contributed by atoms with Gasteiger partial charge >= 0.3 is 5.97 Å². The van der Waals surface area contributed by atoms with Crippen LogP contribution in [0.15, 0.2) is 39.7 Å². The summed E-state index contributed by atoms with van der Waals surface area (Å²) in [5.41, 5.74) is 3.22. The Morgan fingerprint density at radius 3 is 2.68 bits per heavy atom. The molecule has 0 aliphatic rings. The van der Waals surface area contributed by atoms with E-state index in [1.54, 1.807) is 17.6 Å². The molecule has 0 saturated heterocycles. The zero-order chi connectivity index (χ0) is 13.2. The molecule has 3 rings (SSSR count). The first kappa shape index (κ1) is 11.5. The molecule has 0 spiro atoms. The molecule has 0 unspecified atom stereocenters. The van der Waals surface area contributed by atoms with Crippen molar-refractivity contribution in [2.75, 3.05) is 0 Å². The standard InChI is InChI=1S/C12H7N3O3S/c16-12(17)8-3-1-7(2-4-8)11-14-10(15-18-11)9-5-19-6-13-9/h1-6H,(H,16,17). The Hall–Kier alpha value is -2.54. The molecule has 19 heavy (non-hydrogen) atoms. The highest BCUT2D eigenvalue weighted by molar-refractivity contribution is 7.07. The summed E-state index contributed by atoms with van der Waals surface area (Å²) in [5.74, 6) is -0.223. The van der Waals surface area contributed by atoms with E-state index in [0.29, 0.717) is 23.0 Å². The maximum absolute atomic E-state index is 10.7. The number of hydrogen-bond donors (Lipinski definition) is 1. The van der Waals surface area contributed by atoms with Crippen molar-refractivity contribution >= 4 is 17.3 Å². The van der Waals surface area contributed by atoms with Crippen molar-refractivity contribution in [2.45, 2.75) is 0 Å². The molecule has 0 bridgehead atoms. The summed E-state index contributed by atoms with van der Waals surface area (Å²) in [5, 5.41) is 14.5. The van der Waals surface area contributed by atoms with Gasteiger partial charge in [0.05, 0.1) is 11.1 Å². The fourth-order valence-corrected chi connectivity index (χ4v) is 2.05. The highest BCUT2D eigenvalue weighted by Gasteiger charge is 2.12. The number of nitrogens with zero attached hydrogens (tertiary/aromatic N) is 3. The van der Waals surface area contributed by atoms with E-state index in [2.05, 4.69) is 15.1 Å². The molecule has 7 heteroatoms. The molecule has 3 aromatic rings. The van der Waals surface area contributed by atoms with Gasteiger partial charge < -0.3 is 9.63 Å². The van der Waals surface area contributed by atoms with Crippen LogP contribution in [0, 0.1) is 0 Å². The van der Waals surface area contributed by atoms with Gasteiger partial charge in [-0.3, -0.25) is 0 Å². The lowest BCUT2D eigenvalue weighted by molar-refractivity contribution is 0.0697. The minimum atomic E-state index is -0.972. The zero-order valence-corrected chi connectivity index (χ0v) is 10.3. The third-order valence-corrected chi connectivity index (χ3v) is 3.05. The zero-order valence-electron chi connectivity index (χ0n) is 9.48. The normalized spacial score (nSPS) is 10.5. The molecule has 2 aromatic heterocycles. The number of carboxylic acid groups (broad SMARTS) is 1. The molecule has 0 amide bonds. The number of thiazole rings is 1. The van der Waals surface area contributed by atoms with Crippen LogP contribution in [0.3, 0.4) is 0 Å². The molecule has 0 aliphatic carbocycles. The topological polar surface area (TPSA) is 89.1 Å². The van der Waals surface area contributed by atoms with Crippen LogP contribution in [0.5, 0.6) is 0 Å². The highest BCUT2D eigenvalue weighted by Crippen LogP contribution is 2.22. The van der Waals surface area contributed by atoms with Crippen LogP contribution in [0.25, 0.3) is 23.0 Å². The third-order valence-electron chi connectivity index (χ3n) is 2.47. The van der Waals surface area contributed by atoms with Crippen LogP contribution in [-0.4, -0.2) is 26.2 Å². The molecular formula is C12H7N3O3S. The van der Waals surface area contributed by atoms with Crippen molar-refractivity contribution < 1.29 is 14.4 Å². The van der Waals surface area contributed by atoms with Crippen LogP contribution in [0.1, 0.15) is 10.4 Å². The van der Waals surface area contributed by atoms with E-state index in [0.717, 1.165) is 0 Å². The van der Waals surface area contributed by atoms with E-state index < -0.39 is 5.97 Å². The molecule has 6 nitrogen and oxygen atoms in total. The van der Waals surface area contributed by atoms with Gasteiger partial charge in [0.15, 0.2) is 0 Å². The second-order valence-electron chi connectivity index (χ2n) is 3.68.